The second kappa shape index (κ2) is 7.07. The summed E-state index contributed by atoms with van der Waals surface area (Å²) in [5, 5.41) is 2.75. The molecular formula is C18H22N2O2. The van der Waals surface area contributed by atoms with E-state index in [-0.39, 0.29) is 0 Å². The topological polar surface area (TPSA) is 51.2 Å². The highest BCUT2D eigenvalue weighted by molar-refractivity contribution is 5.67. The normalized spacial score (nSPS) is 11.0. The first-order valence-corrected chi connectivity index (χ1v) is 7.42. The van der Waals surface area contributed by atoms with Crippen LogP contribution in [0.4, 0.5) is 4.79 Å². The third-order valence-corrected chi connectivity index (χ3v) is 2.93. The van der Waals surface area contributed by atoms with E-state index in [0.29, 0.717) is 13.0 Å². The Labute approximate surface area is 131 Å². The molecule has 1 amide bonds. The van der Waals surface area contributed by atoms with Crippen LogP contribution < -0.4 is 5.32 Å². The third-order valence-electron chi connectivity index (χ3n) is 2.93. The van der Waals surface area contributed by atoms with Crippen LogP contribution in [0.5, 0.6) is 0 Å². The van der Waals surface area contributed by atoms with Gasteiger partial charge in [-0.15, -0.1) is 0 Å². The van der Waals surface area contributed by atoms with Gasteiger partial charge in [0.25, 0.3) is 0 Å². The second-order valence-corrected chi connectivity index (χ2v) is 6.06. The van der Waals surface area contributed by atoms with Gasteiger partial charge in [0.2, 0.25) is 0 Å². The number of benzene rings is 1. The molecule has 4 heteroatoms. The van der Waals surface area contributed by atoms with Crippen molar-refractivity contribution in [2.24, 2.45) is 0 Å². The van der Waals surface area contributed by atoms with Gasteiger partial charge in [0.1, 0.15) is 5.60 Å². The largest absolute Gasteiger partial charge is 0.444 e. The molecule has 1 N–H and O–H groups in total. The van der Waals surface area contributed by atoms with Crippen LogP contribution in [0.25, 0.3) is 11.3 Å². The number of carbonyl (C=O) groups is 1. The highest BCUT2D eigenvalue weighted by Crippen LogP contribution is 2.16. The fourth-order valence-corrected chi connectivity index (χ4v) is 2.00. The maximum absolute atomic E-state index is 11.6. The number of ether oxygens (including phenoxy) is 1. The Morgan fingerprint density at radius 2 is 1.82 bits per heavy atom. The van der Waals surface area contributed by atoms with Gasteiger partial charge in [-0.05, 0) is 32.9 Å². The van der Waals surface area contributed by atoms with Crippen LogP contribution in [-0.4, -0.2) is 23.2 Å². The quantitative estimate of drug-likeness (QED) is 0.933. The first-order chi connectivity index (χ1) is 10.4. The van der Waals surface area contributed by atoms with Gasteiger partial charge in [0, 0.05) is 24.2 Å². The Balaban J connectivity index is 1.90. The maximum Gasteiger partial charge on any atom is 0.407 e. The molecule has 116 valence electrons. The number of amides is 1. The predicted octanol–water partition coefficient (Wildman–Crippen LogP) is 3.82. The first kappa shape index (κ1) is 16.0. The van der Waals surface area contributed by atoms with Crippen molar-refractivity contribution in [3.8, 4) is 11.3 Å². The van der Waals surface area contributed by atoms with Crippen molar-refractivity contribution < 1.29 is 9.53 Å². The first-order valence-electron chi connectivity index (χ1n) is 7.42. The van der Waals surface area contributed by atoms with E-state index in [0.717, 1.165) is 17.0 Å². The average Bonchev–Trinajstić information content (AvgIpc) is 2.47. The lowest BCUT2D eigenvalue weighted by atomic mass is 10.1. The fraction of sp³-hybridized carbons (Fsp3) is 0.333. The highest BCUT2D eigenvalue weighted by atomic mass is 16.6. The van der Waals surface area contributed by atoms with Gasteiger partial charge in [-0.3, -0.25) is 4.98 Å². The molecule has 0 radical (unpaired) electrons. The summed E-state index contributed by atoms with van der Waals surface area (Å²) in [6.45, 7) is 6.03. The van der Waals surface area contributed by atoms with Crippen LogP contribution in [0.2, 0.25) is 0 Å². The van der Waals surface area contributed by atoms with Gasteiger partial charge in [0.15, 0.2) is 0 Å². The fourth-order valence-electron chi connectivity index (χ4n) is 2.00. The Kier molecular flexibility index (Phi) is 5.15. The van der Waals surface area contributed by atoms with Crippen molar-refractivity contribution in [2.75, 3.05) is 6.54 Å². The second-order valence-electron chi connectivity index (χ2n) is 6.06. The molecule has 1 aromatic carbocycles. The smallest absolute Gasteiger partial charge is 0.407 e. The number of nitrogens with one attached hydrogen (secondary N) is 1. The van der Waals surface area contributed by atoms with Crippen molar-refractivity contribution in [3.63, 3.8) is 0 Å². The van der Waals surface area contributed by atoms with E-state index < -0.39 is 11.7 Å². The summed E-state index contributed by atoms with van der Waals surface area (Å²) in [4.78, 5) is 16.2. The lowest BCUT2D eigenvalue weighted by Gasteiger charge is -2.19. The Hall–Kier alpha value is -2.36. The summed E-state index contributed by atoms with van der Waals surface area (Å²) in [7, 11) is 0. The molecule has 0 fully saturated rings. The summed E-state index contributed by atoms with van der Waals surface area (Å²) < 4.78 is 5.20. The molecule has 0 aliphatic carbocycles. The zero-order chi connectivity index (χ0) is 16.0. The average molecular weight is 298 g/mol. The van der Waals surface area contributed by atoms with Crippen LogP contribution in [0.3, 0.4) is 0 Å². The van der Waals surface area contributed by atoms with Gasteiger partial charge in [0.05, 0.1) is 5.69 Å². The lowest BCUT2D eigenvalue weighted by Crippen LogP contribution is -2.33. The van der Waals surface area contributed by atoms with E-state index in [1.165, 1.54) is 0 Å². The number of aromatic nitrogens is 1. The molecule has 2 aromatic rings. The molecule has 0 saturated carbocycles. The van der Waals surface area contributed by atoms with Gasteiger partial charge in [-0.25, -0.2) is 4.79 Å². The van der Waals surface area contributed by atoms with E-state index in [9.17, 15) is 4.79 Å². The third kappa shape index (κ3) is 5.20. The molecule has 4 nitrogen and oxygen atoms in total. The molecule has 0 unspecified atom stereocenters. The van der Waals surface area contributed by atoms with Crippen molar-refractivity contribution >= 4 is 6.09 Å². The van der Waals surface area contributed by atoms with Gasteiger partial charge >= 0.3 is 6.09 Å². The zero-order valence-electron chi connectivity index (χ0n) is 13.3. The molecule has 0 saturated heterocycles. The number of nitrogens with zero attached hydrogens (tertiary/aromatic N) is 1. The lowest BCUT2D eigenvalue weighted by molar-refractivity contribution is 0.0528. The van der Waals surface area contributed by atoms with Crippen LogP contribution in [0.1, 0.15) is 26.5 Å². The predicted molar refractivity (Wildman–Crippen MR) is 87.6 cm³/mol. The Bertz CT molecular complexity index is 618. The van der Waals surface area contributed by atoms with Crippen molar-refractivity contribution in [3.05, 3.63) is 54.2 Å². The maximum atomic E-state index is 11.6. The minimum atomic E-state index is -0.477. The molecule has 22 heavy (non-hydrogen) atoms. The number of hydrogen-bond donors (Lipinski definition) is 1. The van der Waals surface area contributed by atoms with E-state index in [4.69, 9.17) is 4.74 Å². The number of hydrogen-bond acceptors (Lipinski definition) is 3. The molecule has 0 aliphatic heterocycles. The summed E-state index contributed by atoms with van der Waals surface area (Å²) in [5.41, 5.74) is 2.49. The Morgan fingerprint density at radius 3 is 2.50 bits per heavy atom. The van der Waals surface area contributed by atoms with Crippen molar-refractivity contribution in [1.29, 1.82) is 0 Å². The zero-order valence-corrected chi connectivity index (χ0v) is 13.3. The molecular weight excluding hydrogens is 276 g/mol. The van der Waals surface area contributed by atoms with Crippen LogP contribution in [0.15, 0.2) is 48.5 Å². The number of carbonyl (C=O) groups excluding carboxylic acids is 1. The monoisotopic (exact) mass is 298 g/mol. The number of rotatable bonds is 4. The van der Waals surface area contributed by atoms with Gasteiger partial charge in [-0.2, -0.15) is 0 Å². The number of alkyl carbamates (subject to hydrolysis) is 1. The van der Waals surface area contributed by atoms with E-state index in [2.05, 4.69) is 10.3 Å². The van der Waals surface area contributed by atoms with E-state index >= 15 is 0 Å². The highest BCUT2D eigenvalue weighted by Gasteiger charge is 2.15. The minimum Gasteiger partial charge on any atom is -0.444 e. The minimum absolute atomic E-state index is 0.397. The van der Waals surface area contributed by atoms with Crippen LogP contribution in [0, 0.1) is 0 Å². The standard InChI is InChI=1S/C18H22N2O2/c1-18(2,3)22-17(21)19-13-12-15-10-7-11-16(20-15)14-8-5-4-6-9-14/h4-11H,12-13H2,1-3H3,(H,19,21). The molecule has 0 aliphatic rings. The summed E-state index contributed by atoms with van der Waals surface area (Å²) in [5.74, 6) is 0. The van der Waals surface area contributed by atoms with Gasteiger partial charge in [-0.1, -0.05) is 36.4 Å². The van der Waals surface area contributed by atoms with E-state index in [1.807, 2.05) is 69.3 Å². The molecule has 2 rings (SSSR count). The molecule has 0 spiro atoms. The van der Waals surface area contributed by atoms with Crippen LogP contribution in [-0.2, 0) is 11.2 Å². The summed E-state index contributed by atoms with van der Waals surface area (Å²) >= 11 is 0. The van der Waals surface area contributed by atoms with Gasteiger partial charge < -0.3 is 10.1 Å². The molecule has 0 atom stereocenters. The molecule has 1 heterocycles. The number of pyridine rings is 1. The molecule has 1 aromatic heterocycles. The summed E-state index contributed by atoms with van der Waals surface area (Å²) in [6, 6.07) is 16.0. The Morgan fingerprint density at radius 1 is 1.09 bits per heavy atom. The van der Waals surface area contributed by atoms with E-state index in [1.54, 1.807) is 0 Å². The van der Waals surface area contributed by atoms with Crippen molar-refractivity contribution in [1.82, 2.24) is 10.3 Å². The summed E-state index contributed by atoms with van der Waals surface area (Å²) in [6.07, 6.45) is 0.270. The van der Waals surface area contributed by atoms with Crippen LogP contribution >= 0.6 is 0 Å². The van der Waals surface area contributed by atoms with Crippen molar-refractivity contribution in [2.45, 2.75) is 32.8 Å². The SMILES string of the molecule is CC(C)(C)OC(=O)NCCc1cccc(-c2ccccc2)n1. The molecule has 0 bridgehead atoms.